The highest BCUT2D eigenvalue weighted by molar-refractivity contribution is 5.66. The maximum atomic E-state index is 2.50. The third kappa shape index (κ3) is 2.41. The van der Waals surface area contributed by atoms with E-state index in [0.717, 1.165) is 0 Å². The molecule has 0 saturated heterocycles. The van der Waals surface area contributed by atoms with Crippen LogP contribution in [-0.2, 0) is 5.41 Å². The zero-order chi connectivity index (χ0) is 16.3. The summed E-state index contributed by atoms with van der Waals surface area (Å²) in [6, 6.07) is 7.51. The monoisotopic (exact) mass is 295 g/mol. The van der Waals surface area contributed by atoms with Gasteiger partial charge in [0, 0.05) is 18.7 Å². The largest absolute Gasteiger partial charge is 0.367 e. The van der Waals surface area contributed by atoms with Gasteiger partial charge in [-0.2, -0.15) is 0 Å². The number of rotatable bonds is 0. The fraction of sp³-hybridized carbons (Fsp3) is 0.524. The minimum Gasteiger partial charge on any atom is -0.367 e. The van der Waals surface area contributed by atoms with E-state index in [9.17, 15) is 0 Å². The summed E-state index contributed by atoms with van der Waals surface area (Å²) in [7, 11) is 2.22. The number of benzene rings is 1. The molecule has 1 aromatic rings. The fourth-order valence-electron chi connectivity index (χ4n) is 3.58. The molecular weight excluding hydrogens is 266 g/mol. The van der Waals surface area contributed by atoms with Crippen LogP contribution in [0.15, 0.2) is 42.0 Å². The van der Waals surface area contributed by atoms with Crippen LogP contribution in [0.3, 0.4) is 0 Å². The van der Waals surface area contributed by atoms with Crippen LogP contribution >= 0.6 is 0 Å². The average Bonchev–Trinajstić information content (AvgIpc) is 2.70. The molecule has 2 aliphatic rings. The van der Waals surface area contributed by atoms with Gasteiger partial charge >= 0.3 is 0 Å². The van der Waals surface area contributed by atoms with Crippen LogP contribution in [0.1, 0.15) is 58.6 Å². The molecule has 22 heavy (non-hydrogen) atoms. The van der Waals surface area contributed by atoms with E-state index in [1.54, 1.807) is 0 Å². The SMILES string of the molecule is CN1c2ccc(C(C)(C)C)cc2C2C=C(C(C)(C)C)C=CC21. The molecule has 0 saturated carbocycles. The van der Waals surface area contributed by atoms with Crippen LogP contribution in [0, 0.1) is 5.41 Å². The van der Waals surface area contributed by atoms with E-state index >= 15 is 0 Å². The number of anilines is 1. The predicted molar refractivity (Wildman–Crippen MR) is 96.8 cm³/mol. The Hall–Kier alpha value is -1.50. The minimum atomic E-state index is 0.201. The Morgan fingerprint density at radius 1 is 0.955 bits per heavy atom. The van der Waals surface area contributed by atoms with Crippen LogP contribution in [-0.4, -0.2) is 13.1 Å². The molecule has 0 aromatic heterocycles. The topological polar surface area (TPSA) is 3.24 Å². The van der Waals surface area contributed by atoms with Crippen molar-refractivity contribution in [2.75, 3.05) is 11.9 Å². The first-order valence-corrected chi connectivity index (χ1v) is 8.37. The van der Waals surface area contributed by atoms with Crippen LogP contribution in [0.25, 0.3) is 0 Å². The molecule has 0 radical (unpaired) electrons. The number of hydrogen-bond donors (Lipinski definition) is 0. The van der Waals surface area contributed by atoms with Gasteiger partial charge in [-0.1, -0.05) is 71.9 Å². The highest BCUT2D eigenvalue weighted by Crippen LogP contribution is 2.47. The van der Waals surface area contributed by atoms with Gasteiger partial charge in [0.2, 0.25) is 0 Å². The van der Waals surface area contributed by atoms with Crippen molar-refractivity contribution in [1.29, 1.82) is 0 Å². The molecule has 1 heteroatoms. The zero-order valence-corrected chi connectivity index (χ0v) is 15.1. The summed E-state index contributed by atoms with van der Waals surface area (Å²) in [4.78, 5) is 2.43. The third-order valence-corrected chi connectivity index (χ3v) is 5.15. The molecule has 0 fully saturated rings. The van der Waals surface area contributed by atoms with Gasteiger partial charge in [0.05, 0.1) is 6.04 Å². The van der Waals surface area contributed by atoms with Gasteiger partial charge in [0.25, 0.3) is 0 Å². The maximum absolute atomic E-state index is 2.50. The zero-order valence-electron chi connectivity index (χ0n) is 15.1. The van der Waals surface area contributed by atoms with Gasteiger partial charge in [-0.3, -0.25) is 0 Å². The normalized spacial score (nSPS) is 24.1. The van der Waals surface area contributed by atoms with E-state index in [0.29, 0.717) is 12.0 Å². The van der Waals surface area contributed by atoms with E-state index in [4.69, 9.17) is 0 Å². The lowest BCUT2D eigenvalue weighted by Crippen LogP contribution is -2.30. The second-order valence-corrected chi connectivity index (χ2v) is 8.88. The number of hydrogen-bond acceptors (Lipinski definition) is 1. The summed E-state index contributed by atoms with van der Waals surface area (Å²) >= 11 is 0. The van der Waals surface area contributed by atoms with E-state index in [-0.39, 0.29) is 10.8 Å². The number of allylic oxidation sites excluding steroid dienone is 2. The molecule has 1 heterocycles. The summed E-state index contributed by atoms with van der Waals surface area (Å²) < 4.78 is 0. The van der Waals surface area contributed by atoms with Crippen molar-refractivity contribution in [3.05, 3.63) is 53.1 Å². The molecule has 1 nitrogen and oxygen atoms in total. The van der Waals surface area contributed by atoms with Crippen molar-refractivity contribution < 1.29 is 0 Å². The second-order valence-electron chi connectivity index (χ2n) is 8.88. The Bertz CT molecular complexity index is 649. The standard InChI is InChI=1S/C21H29N/c1-20(2,3)14-8-10-18-16(12-14)17-13-15(21(4,5)6)9-11-19(17)22(18)7/h8-13,16,18H,1-7H3. The molecule has 2 atom stereocenters. The van der Waals surface area contributed by atoms with Crippen LogP contribution in [0.4, 0.5) is 5.69 Å². The van der Waals surface area contributed by atoms with Crippen LogP contribution in [0.2, 0.25) is 0 Å². The lowest BCUT2D eigenvalue weighted by atomic mass is 9.77. The Morgan fingerprint density at radius 2 is 1.64 bits per heavy atom. The van der Waals surface area contributed by atoms with Crippen molar-refractivity contribution in [2.24, 2.45) is 5.41 Å². The number of nitrogens with zero attached hydrogens (tertiary/aromatic N) is 1. The Balaban J connectivity index is 2.09. The van der Waals surface area contributed by atoms with Crippen molar-refractivity contribution in [3.8, 4) is 0 Å². The van der Waals surface area contributed by atoms with Gasteiger partial charge in [0.15, 0.2) is 0 Å². The Kier molecular flexibility index (Phi) is 3.32. The molecule has 0 N–H and O–H groups in total. The first kappa shape index (κ1) is 15.4. The molecule has 0 bridgehead atoms. The Labute approximate surface area is 135 Å². The minimum absolute atomic E-state index is 0.201. The quantitative estimate of drug-likeness (QED) is 0.617. The van der Waals surface area contributed by atoms with Gasteiger partial charge in [-0.25, -0.2) is 0 Å². The molecule has 0 spiro atoms. The first-order valence-electron chi connectivity index (χ1n) is 8.37. The van der Waals surface area contributed by atoms with Crippen molar-refractivity contribution in [2.45, 2.75) is 58.9 Å². The summed E-state index contributed by atoms with van der Waals surface area (Å²) in [6.07, 6.45) is 7.22. The van der Waals surface area contributed by atoms with Gasteiger partial charge in [-0.05, 0) is 33.6 Å². The van der Waals surface area contributed by atoms with E-state index in [1.165, 1.54) is 22.4 Å². The van der Waals surface area contributed by atoms with E-state index in [1.807, 2.05) is 0 Å². The highest BCUT2D eigenvalue weighted by atomic mass is 15.2. The summed E-state index contributed by atoms with van der Waals surface area (Å²) in [6.45, 7) is 13.8. The van der Waals surface area contributed by atoms with E-state index in [2.05, 4.69) is 89.9 Å². The van der Waals surface area contributed by atoms with E-state index < -0.39 is 0 Å². The average molecular weight is 295 g/mol. The predicted octanol–water partition coefficient (Wildman–Crippen LogP) is 5.43. The van der Waals surface area contributed by atoms with Crippen molar-refractivity contribution in [1.82, 2.24) is 0 Å². The molecule has 118 valence electrons. The number of likely N-dealkylation sites (N-methyl/N-ethyl adjacent to an activating group) is 1. The second kappa shape index (κ2) is 4.75. The van der Waals surface area contributed by atoms with Gasteiger partial charge < -0.3 is 4.90 Å². The lowest BCUT2D eigenvalue weighted by molar-refractivity contribution is 0.506. The highest BCUT2D eigenvalue weighted by Gasteiger charge is 2.37. The lowest BCUT2D eigenvalue weighted by Gasteiger charge is -2.30. The van der Waals surface area contributed by atoms with Crippen molar-refractivity contribution in [3.63, 3.8) is 0 Å². The smallest absolute Gasteiger partial charge is 0.0577 e. The molecular formula is C21H29N. The molecule has 3 rings (SSSR count). The van der Waals surface area contributed by atoms with Crippen molar-refractivity contribution >= 4 is 5.69 Å². The summed E-state index contributed by atoms with van der Waals surface area (Å²) in [5.74, 6) is 0.488. The molecule has 1 aliphatic heterocycles. The first-order chi connectivity index (χ1) is 10.1. The van der Waals surface area contributed by atoms with Crippen LogP contribution < -0.4 is 4.90 Å². The summed E-state index contributed by atoms with van der Waals surface area (Å²) in [5.41, 5.74) is 6.18. The molecule has 0 amide bonds. The molecule has 2 unspecified atom stereocenters. The molecule has 1 aromatic carbocycles. The van der Waals surface area contributed by atoms with Crippen LogP contribution in [0.5, 0.6) is 0 Å². The fourth-order valence-corrected chi connectivity index (χ4v) is 3.58. The summed E-state index contributed by atoms with van der Waals surface area (Å²) in [5, 5.41) is 0. The Morgan fingerprint density at radius 3 is 2.23 bits per heavy atom. The van der Waals surface area contributed by atoms with Gasteiger partial charge in [0.1, 0.15) is 0 Å². The molecule has 1 aliphatic carbocycles. The third-order valence-electron chi connectivity index (χ3n) is 5.15. The van der Waals surface area contributed by atoms with Gasteiger partial charge in [-0.15, -0.1) is 0 Å². The number of fused-ring (bicyclic) bond motifs is 3. The maximum Gasteiger partial charge on any atom is 0.0577 e.